The third-order valence-electron chi connectivity index (χ3n) is 2.43. The second kappa shape index (κ2) is 7.04. The number of benzene rings is 1. The molecule has 0 spiro atoms. The molecule has 0 radical (unpaired) electrons. The normalized spacial score (nSPS) is 11.0. The van der Waals surface area contributed by atoms with Crippen LogP contribution in [0, 0.1) is 0 Å². The van der Waals surface area contributed by atoms with E-state index >= 15 is 0 Å². The number of thiocarbonyl (C=S) groups is 1. The first kappa shape index (κ1) is 16.9. The summed E-state index contributed by atoms with van der Waals surface area (Å²) in [5.74, 6) is 0.0130. The third-order valence-corrected chi connectivity index (χ3v) is 3.14. The summed E-state index contributed by atoms with van der Waals surface area (Å²) in [4.78, 5) is 12.0. The average molecular weight is 358 g/mol. The van der Waals surface area contributed by atoms with Crippen LogP contribution >= 0.6 is 28.1 Å². The van der Waals surface area contributed by atoms with Crippen LogP contribution in [-0.2, 0) is 4.79 Å². The molecule has 0 aliphatic carbocycles. The van der Waals surface area contributed by atoms with Crippen molar-refractivity contribution in [1.82, 2.24) is 5.32 Å². The molecule has 1 aromatic rings. The summed E-state index contributed by atoms with van der Waals surface area (Å²) in [5, 5.41) is 6.10. The van der Waals surface area contributed by atoms with Crippen molar-refractivity contribution in [3.8, 4) is 0 Å². The molecular weight excluding hydrogens is 338 g/mol. The molecule has 1 amide bonds. The minimum Gasteiger partial charge on any atom is -0.389 e. The number of carbonyl (C=O) groups excluding carboxylic acids is 1. The second-order valence-corrected chi connectivity index (χ2v) is 6.88. The Kier molecular flexibility index (Phi) is 5.95. The maximum atomic E-state index is 11.7. The molecular formula is C14H20BrN3OS. The lowest BCUT2D eigenvalue weighted by molar-refractivity contribution is -0.122. The Bertz CT molecular complexity index is 512. The van der Waals surface area contributed by atoms with Crippen molar-refractivity contribution in [3.05, 3.63) is 28.2 Å². The van der Waals surface area contributed by atoms with Crippen molar-refractivity contribution in [2.24, 2.45) is 5.73 Å². The fourth-order valence-corrected chi connectivity index (χ4v) is 2.20. The Balaban J connectivity index is 2.58. The summed E-state index contributed by atoms with van der Waals surface area (Å²) >= 11 is 8.40. The number of anilines is 1. The van der Waals surface area contributed by atoms with Gasteiger partial charge in [0.2, 0.25) is 5.91 Å². The second-order valence-electron chi connectivity index (χ2n) is 5.53. The maximum Gasteiger partial charge on any atom is 0.222 e. The zero-order valence-corrected chi connectivity index (χ0v) is 14.3. The number of nitrogens with two attached hydrogens (primary N) is 1. The van der Waals surface area contributed by atoms with E-state index in [1.165, 1.54) is 0 Å². The van der Waals surface area contributed by atoms with E-state index in [1.807, 2.05) is 39.0 Å². The lowest BCUT2D eigenvalue weighted by Crippen LogP contribution is -2.41. The van der Waals surface area contributed by atoms with Crippen LogP contribution in [0.2, 0.25) is 0 Å². The van der Waals surface area contributed by atoms with Gasteiger partial charge in [-0.3, -0.25) is 4.79 Å². The molecule has 0 unspecified atom stereocenters. The highest BCUT2D eigenvalue weighted by atomic mass is 79.9. The SMILES string of the molecule is CC(C)(C)NC(=O)CCNc1ccc(Br)cc1C(N)=S. The summed E-state index contributed by atoms with van der Waals surface area (Å²) in [5.41, 5.74) is 7.09. The van der Waals surface area contributed by atoms with Crippen LogP contribution in [0.3, 0.4) is 0 Å². The van der Waals surface area contributed by atoms with E-state index in [4.69, 9.17) is 18.0 Å². The van der Waals surface area contributed by atoms with Crippen molar-refractivity contribution in [1.29, 1.82) is 0 Å². The lowest BCUT2D eigenvalue weighted by atomic mass is 10.1. The van der Waals surface area contributed by atoms with Crippen LogP contribution in [-0.4, -0.2) is 23.0 Å². The molecule has 0 bridgehead atoms. The monoisotopic (exact) mass is 357 g/mol. The van der Waals surface area contributed by atoms with Gasteiger partial charge in [0.1, 0.15) is 4.99 Å². The minimum absolute atomic E-state index is 0.0130. The van der Waals surface area contributed by atoms with E-state index in [0.717, 1.165) is 15.7 Å². The number of carbonyl (C=O) groups is 1. The Morgan fingerprint density at radius 3 is 2.60 bits per heavy atom. The van der Waals surface area contributed by atoms with Crippen LogP contribution in [0.4, 0.5) is 5.69 Å². The van der Waals surface area contributed by atoms with E-state index in [-0.39, 0.29) is 11.4 Å². The zero-order chi connectivity index (χ0) is 15.3. The van der Waals surface area contributed by atoms with Crippen LogP contribution in [0.1, 0.15) is 32.8 Å². The predicted octanol–water partition coefficient (Wildman–Crippen LogP) is 2.80. The summed E-state index contributed by atoms with van der Waals surface area (Å²) in [7, 11) is 0. The Morgan fingerprint density at radius 1 is 1.40 bits per heavy atom. The fraction of sp³-hybridized carbons (Fsp3) is 0.429. The van der Waals surface area contributed by atoms with Gasteiger partial charge in [-0.2, -0.15) is 0 Å². The van der Waals surface area contributed by atoms with E-state index in [2.05, 4.69) is 26.6 Å². The van der Waals surface area contributed by atoms with Gasteiger partial charge in [0.25, 0.3) is 0 Å². The number of hydrogen-bond donors (Lipinski definition) is 3. The predicted molar refractivity (Wildman–Crippen MR) is 91.0 cm³/mol. The molecule has 0 saturated heterocycles. The molecule has 4 nitrogen and oxygen atoms in total. The average Bonchev–Trinajstić information content (AvgIpc) is 2.28. The van der Waals surface area contributed by atoms with Crippen molar-refractivity contribution in [3.63, 3.8) is 0 Å². The number of rotatable bonds is 5. The van der Waals surface area contributed by atoms with Crippen molar-refractivity contribution in [2.75, 3.05) is 11.9 Å². The molecule has 0 heterocycles. The molecule has 0 fully saturated rings. The van der Waals surface area contributed by atoms with Gasteiger partial charge in [0.05, 0.1) is 0 Å². The molecule has 4 N–H and O–H groups in total. The Hall–Kier alpha value is -1.14. The minimum atomic E-state index is -0.210. The molecule has 0 aromatic heterocycles. The van der Waals surface area contributed by atoms with E-state index in [1.54, 1.807) is 0 Å². The van der Waals surface area contributed by atoms with Gasteiger partial charge in [-0.25, -0.2) is 0 Å². The first-order chi connectivity index (χ1) is 9.19. The molecule has 0 atom stereocenters. The molecule has 0 aliphatic rings. The van der Waals surface area contributed by atoms with E-state index in [0.29, 0.717) is 18.0 Å². The van der Waals surface area contributed by atoms with Gasteiger partial charge in [0, 0.05) is 34.2 Å². The smallest absolute Gasteiger partial charge is 0.222 e. The first-order valence-corrected chi connectivity index (χ1v) is 7.53. The number of nitrogens with one attached hydrogen (secondary N) is 2. The third kappa shape index (κ3) is 5.88. The number of halogens is 1. The van der Waals surface area contributed by atoms with Crippen LogP contribution in [0.25, 0.3) is 0 Å². The number of hydrogen-bond acceptors (Lipinski definition) is 3. The van der Waals surface area contributed by atoms with Crippen LogP contribution in [0.5, 0.6) is 0 Å². The van der Waals surface area contributed by atoms with Gasteiger partial charge in [0.15, 0.2) is 0 Å². The molecule has 20 heavy (non-hydrogen) atoms. The highest BCUT2D eigenvalue weighted by Crippen LogP contribution is 2.21. The Labute approximate surface area is 133 Å². The van der Waals surface area contributed by atoms with E-state index in [9.17, 15) is 4.79 Å². The fourth-order valence-electron chi connectivity index (χ4n) is 1.67. The van der Waals surface area contributed by atoms with Gasteiger partial charge in [-0.05, 0) is 39.0 Å². The van der Waals surface area contributed by atoms with Gasteiger partial charge in [-0.1, -0.05) is 28.1 Å². The highest BCUT2D eigenvalue weighted by molar-refractivity contribution is 9.10. The van der Waals surface area contributed by atoms with Crippen molar-refractivity contribution >= 4 is 44.7 Å². The van der Waals surface area contributed by atoms with Crippen molar-refractivity contribution in [2.45, 2.75) is 32.7 Å². The first-order valence-electron chi connectivity index (χ1n) is 6.33. The molecule has 1 aromatic carbocycles. The standard InChI is InChI=1S/C14H20BrN3OS/c1-14(2,3)18-12(19)6-7-17-11-5-4-9(15)8-10(11)13(16)20/h4-5,8,17H,6-7H2,1-3H3,(H2,16,20)(H,18,19). The molecule has 0 saturated carbocycles. The van der Waals surface area contributed by atoms with Gasteiger partial charge >= 0.3 is 0 Å². The Morgan fingerprint density at radius 2 is 2.05 bits per heavy atom. The summed E-state index contributed by atoms with van der Waals surface area (Å²) in [6.07, 6.45) is 0.393. The molecule has 6 heteroatoms. The summed E-state index contributed by atoms with van der Waals surface area (Å²) in [6, 6.07) is 5.65. The topological polar surface area (TPSA) is 67.2 Å². The van der Waals surface area contributed by atoms with Gasteiger partial charge in [-0.15, -0.1) is 0 Å². The summed E-state index contributed by atoms with van der Waals surface area (Å²) < 4.78 is 0.913. The maximum absolute atomic E-state index is 11.7. The largest absolute Gasteiger partial charge is 0.389 e. The van der Waals surface area contributed by atoms with Crippen molar-refractivity contribution < 1.29 is 4.79 Å². The lowest BCUT2D eigenvalue weighted by Gasteiger charge is -2.20. The highest BCUT2D eigenvalue weighted by Gasteiger charge is 2.13. The quantitative estimate of drug-likeness (QED) is 0.708. The van der Waals surface area contributed by atoms with E-state index < -0.39 is 0 Å². The molecule has 0 aliphatic heterocycles. The molecule has 110 valence electrons. The number of amides is 1. The van der Waals surface area contributed by atoms with Crippen LogP contribution < -0.4 is 16.4 Å². The zero-order valence-electron chi connectivity index (χ0n) is 11.9. The molecule has 1 rings (SSSR count). The van der Waals surface area contributed by atoms with Crippen LogP contribution in [0.15, 0.2) is 22.7 Å². The van der Waals surface area contributed by atoms with Gasteiger partial charge < -0.3 is 16.4 Å². The summed E-state index contributed by atoms with van der Waals surface area (Å²) in [6.45, 7) is 6.40.